The highest BCUT2D eigenvalue weighted by atomic mass is 32.2. The van der Waals surface area contributed by atoms with Gasteiger partial charge in [0.15, 0.2) is 0 Å². The van der Waals surface area contributed by atoms with Crippen molar-refractivity contribution in [3.05, 3.63) is 35.4 Å². The molecule has 1 unspecified atom stereocenters. The molecule has 1 fully saturated rings. The zero-order valence-electron chi connectivity index (χ0n) is 10.7. The predicted molar refractivity (Wildman–Crippen MR) is 70.7 cm³/mol. The van der Waals surface area contributed by atoms with E-state index in [1.807, 2.05) is 0 Å². The summed E-state index contributed by atoms with van der Waals surface area (Å²) in [5.41, 5.74) is -0.462. The summed E-state index contributed by atoms with van der Waals surface area (Å²) in [6, 6.07) is 3.54. The normalized spacial score (nSPS) is 27.2. The fourth-order valence-electron chi connectivity index (χ4n) is 2.64. The Kier molecular flexibility index (Phi) is 3.70. The molecule has 1 aromatic carbocycles. The van der Waals surface area contributed by atoms with Crippen molar-refractivity contribution in [3.63, 3.8) is 0 Å². The lowest BCUT2D eigenvalue weighted by Crippen LogP contribution is -2.44. The average molecular weight is 272 g/mol. The first kappa shape index (κ1) is 13.8. The van der Waals surface area contributed by atoms with Gasteiger partial charge in [0.2, 0.25) is 0 Å². The number of hydrogen-bond acceptors (Lipinski definition) is 2. The molecule has 1 saturated heterocycles. The van der Waals surface area contributed by atoms with Gasteiger partial charge in [-0.3, -0.25) is 0 Å². The van der Waals surface area contributed by atoms with E-state index in [1.165, 1.54) is 12.1 Å². The van der Waals surface area contributed by atoms with Gasteiger partial charge in [-0.05, 0) is 29.2 Å². The van der Waals surface area contributed by atoms with Gasteiger partial charge in [0.25, 0.3) is 0 Å². The van der Waals surface area contributed by atoms with Crippen LogP contribution < -0.4 is 0 Å². The molecular formula is C14H18F2OS. The number of thioether (sulfide) groups is 1. The molecule has 1 atom stereocenters. The van der Waals surface area contributed by atoms with Gasteiger partial charge in [0.1, 0.15) is 11.6 Å². The van der Waals surface area contributed by atoms with Crippen LogP contribution in [0, 0.1) is 17.0 Å². The molecule has 0 aliphatic carbocycles. The molecule has 1 aliphatic rings. The van der Waals surface area contributed by atoms with Crippen molar-refractivity contribution in [2.45, 2.75) is 32.3 Å². The van der Waals surface area contributed by atoms with E-state index in [9.17, 15) is 13.9 Å². The van der Waals surface area contributed by atoms with Gasteiger partial charge in [-0.2, -0.15) is 11.8 Å². The molecule has 1 aliphatic heterocycles. The maximum atomic E-state index is 13.6. The number of benzene rings is 1. The second kappa shape index (κ2) is 4.82. The molecular weight excluding hydrogens is 254 g/mol. The summed E-state index contributed by atoms with van der Waals surface area (Å²) in [6.45, 7) is 4.20. The molecule has 1 N–H and O–H groups in total. The molecule has 18 heavy (non-hydrogen) atoms. The molecule has 0 bridgehead atoms. The Balaban J connectivity index is 2.17. The van der Waals surface area contributed by atoms with Crippen LogP contribution in [-0.4, -0.2) is 22.2 Å². The summed E-state index contributed by atoms with van der Waals surface area (Å²) in [5.74, 6) is 0.451. The zero-order chi connectivity index (χ0) is 13.4. The van der Waals surface area contributed by atoms with Gasteiger partial charge in [-0.15, -0.1) is 0 Å². The molecule has 0 spiro atoms. The molecule has 1 heterocycles. The maximum absolute atomic E-state index is 13.6. The van der Waals surface area contributed by atoms with Gasteiger partial charge in [-0.25, -0.2) is 8.78 Å². The van der Waals surface area contributed by atoms with Crippen LogP contribution in [0.5, 0.6) is 0 Å². The minimum atomic E-state index is -0.898. The Morgan fingerprint density at radius 1 is 1.28 bits per heavy atom. The van der Waals surface area contributed by atoms with E-state index >= 15 is 0 Å². The molecule has 1 nitrogen and oxygen atoms in total. The highest BCUT2D eigenvalue weighted by Crippen LogP contribution is 2.40. The molecule has 1 aromatic rings. The minimum absolute atomic E-state index is 0.0498. The van der Waals surface area contributed by atoms with E-state index in [-0.39, 0.29) is 11.8 Å². The van der Waals surface area contributed by atoms with Crippen molar-refractivity contribution in [2.24, 2.45) is 5.41 Å². The van der Waals surface area contributed by atoms with Crippen LogP contribution >= 0.6 is 11.8 Å². The van der Waals surface area contributed by atoms with Gasteiger partial charge >= 0.3 is 0 Å². The van der Waals surface area contributed by atoms with Crippen molar-refractivity contribution < 1.29 is 13.9 Å². The van der Waals surface area contributed by atoms with Crippen LogP contribution in [0.2, 0.25) is 0 Å². The van der Waals surface area contributed by atoms with Gasteiger partial charge in [0, 0.05) is 18.2 Å². The van der Waals surface area contributed by atoms with Gasteiger partial charge in [-0.1, -0.05) is 19.9 Å². The van der Waals surface area contributed by atoms with Crippen LogP contribution in [0.3, 0.4) is 0 Å². The van der Waals surface area contributed by atoms with E-state index in [4.69, 9.17) is 0 Å². The summed E-state index contributed by atoms with van der Waals surface area (Å²) in [4.78, 5) is 0. The van der Waals surface area contributed by atoms with Crippen molar-refractivity contribution in [3.8, 4) is 0 Å². The first-order valence-electron chi connectivity index (χ1n) is 6.04. The monoisotopic (exact) mass is 272 g/mol. The van der Waals surface area contributed by atoms with E-state index < -0.39 is 17.2 Å². The molecule has 100 valence electrons. The van der Waals surface area contributed by atoms with E-state index in [1.54, 1.807) is 11.8 Å². The quantitative estimate of drug-likeness (QED) is 0.890. The van der Waals surface area contributed by atoms with Crippen LogP contribution in [0.1, 0.15) is 25.8 Å². The SMILES string of the molecule is CC1(C)CSCC(O)(Cc2ccc(F)cc2F)C1. The minimum Gasteiger partial charge on any atom is -0.389 e. The van der Waals surface area contributed by atoms with Gasteiger partial charge < -0.3 is 5.11 Å². The predicted octanol–water partition coefficient (Wildman–Crippen LogP) is 3.40. The Morgan fingerprint density at radius 3 is 2.61 bits per heavy atom. The molecule has 4 heteroatoms. The molecule has 0 radical (unpaired) electrons. The third-order valence-corrected chi connectivity index (χ3v) is 4.93. The topological polar surface area (TPSA) is 20.2 Å². The number of aliphatic hydroxyl groups is 1. The summed E-state index contributed by atoms with van der Waals surface area (Å²) in [6.07, 6.45) is 0.888. The zero-order valence-corrected chi connectivity index (χ0v) is 11.5. The number of hydrogen-bond donors (Lipinski definition) is 1. The first-order valence-corrected chi connectivity index (χ1v) is 7.19. The Labute approximate surface area is 111 Å². The maximum Gasteiger partial charge on any atom is 0.129 e. The first-order chi connectivity index (χ1) is 8.30. The van der Waals surface area contributed by atoms with Gasteiger partial charge in [0.05, 0.1) is 5.60 Å². The Morgan fingerprint density at radius 2 is 2.00 bits per heavy atom. The molecule has 0 amide bonds. The van der Waals surface area contributed by atoms with Crippen molar-refractivity contribution in [2.75, 3.05) is 11.5 Å². The second-order valence-corrected chi connectivity index (χ2v) is 6.96. The molecule has 0 saturated carbocycles. The van der Waals surface area contributed by atoms with Crippen LogP contribution in [0.4, 0.5) is 8.78 Å². The molecule has 2 rings (SSSR count). The summed E-state index contributed by atoms with van der Waals surface area (Å²) in [5, 5.41) is 10.6. The van der Waals surface area contributed by atoms with Crippen LogP contribution in [0.25, 0.3) is 0 Å². The van der Waals surface area contributed by atoms with Crippen LogP contribution in [0.15, 0.2) is 18.2 Å². The van der Waals surface area contributed by atoms with Crippen molar-refractivity contribution in [1.29, 1.82) is 0 Å². The fourth-order valence-corrected chi connectivity index (χ4v) is 3.98. The summed E-state index contributed by atoms with van der Waals surface area (Å²) < 4.78 is 26.4. The average Bonchev–Trinajstić information content (AvgIpc) is 2.20. The molecule has 0 aromatic heterocycles. The second-order valence-electron chi connectivity index (χ2n) is 5.97. The Hall–Kier alpha value is -0.610. The van der Waals surface area contributed by atoms with Crippen LogP contribution in [-0.2, 0) is 6.42 Å². The lowest BCUT2D eigenvalue weighted by Gasteiger charge is -2.41. The van der Waals surface area contributed by atoms with E-state index in [0.717, 1.165) is 11.8 Å². The third kappa shape index (κ3) is 3.23. The Bertz CT molecular complexity index is 447. The standard InChI is InChI=1S/C14H18F2OS/c1-13(2)7-14(17,9-18-8-13)6-10-3-4-11(15)5-12(10)16/h3-5,17H,6-9H2,1-2H3. The number of halogens is 2. The summed E-state index contributed by atoms with van der Waals surface area (Å²) in [7, 11) is 0. The lowest BCUT2D eigenvalue weighted by molar-refractivity contribution is 0.0193. The van der Waals surface area contributed by atoms with E-state index in [0.29, 0.717) is 17.7 Å². The fraction of sp³-hybridized carbons (Fsp3) is 0.571. The highest BCUT2D eigenvalue weighted by Gasteiger charge is 2.39. The van der Waals surface area contributed by atoms with Crippen molar-refractivity contribution >= 4 is 11.8 Å². The summed E-state index contributed by atoms with van der Waals surface area (Å²) >= 11 is 1.69. The van der Waals surface area contributed by atoms with Crippen molar-refractivity contribution in [1.82, 2.24) is 0 Å². The third-order valence-electron chi connectivity index (χ3n) is 3.21. The smallest absolute Gasteiger partial charge is 0.129 e. The lowest BCUT2D eigenvalue weighted by atomic mass is 9.79. The van der Waals surface area contributed by atoms with E-state index in [2.05, 4.69) is 13.8 Å². The highest BCUT2D eigenvalue weighted by molar-refractivity contribution is 7.99. The largest absolute Gasteiger partial charge is 0.389 e. The number of rotatable bonds is 2.